The number of ether oxygens (including phenoxy) is 2. The molecule has 0 aliphatic rings. The molecule has 0 aromatic rings. The van der Waals surface area contributed by atoms with Gasteiger partial charge in [-0.05, 0) is 38.5 Å². The van der Waals surface area contributed by atoms with E-state index in [0.29, 0.717) is 51.7 Å². The summed E-state index contributed by atoms with van der Waals surface area (Å²) in [5.74, 6) is -2.00. The number of carboxylic acid groups (broad SMARTS) is 2. The number of hydrogen-bond donors (Lipinski definition) is 2. The number of aliphatic carboxylic acids is 2. The van der Waals surface area contributed by atoms with Gasteiger partial charge in [-0.1, -0.05) is 142 Å². The summed E-state index contributed by atoms with van der Waals surface area (Å²) in [6.07, 6.45) is 31.4. The van der Waals surface area contributed by atoms with Crippen molar-refractivity contribution in [2.45, 2.75) is 206 Å². The van der Waals surface area contributed by atoms with Gasteiger partial charge in [-0.25, -0.2) is 0 Å². The van der Waals surface area contributed by atoms with Crippen molar-refractivity contribution >= 4 is 23.9 Å². The maximum atomic E-state index is 11.4. The number of hydrogen-bond acceptors (Lipinski definition) is 6. The van der Waals surface area contributed by atoms with Crippen LogP contribution < -0.4 is 0 Å². The molecule has 0 heterocycles. The molecule has 8 heteroatoms. The number of rotatable bonds is 34. The Morgan fingerprint density at radius 3 is 0.848 bits per heavy atom. The summed E-state index contributed by atoms with van der Waals surface area (Å²) >= 11 is 0. The van der Waals surface area contributed by atoms with E-state index in [4.69, 9.17) is 19.7 Å². The molecule has 272 valence electrons. The van der Waals surface area contributed by atoms with E-state index in [-0.39, 0.29) is 24.8 Å². The average Bonchev–Trinajstić information content (AvgIpc) is 3.02. The first-order valence-electron chi connectivity index (χ1n) is 19.1. The van der Waals surface area contributed by atoms with Crippen LogP contribution >= 0.6 is 0 Å². The quantitative estimate of drug-likeness (QED) is 0.0517. The molecular formula is C38H72O8. The van der Waals surface area contributed by atoms with Crippen LogP contribution in [0.25, 0.3) is 0 Å². The van der Waals surface area contributed by atoms with Gasteiger partial charge in [-0.15, -0.1) is 0 Å². The van der Waals surface area contributed by atoms with Gasteiger partial charge in [-0.3, -0.25) is 19.2 Å². The Bertz CT molecular complexity index is 636. The Morgan fingerprint density at radius 2 is 0.587 bits per heavy atom. The van der Waals surface area contributed by atoms with Crippen LogP contribution in [0.4, 0.5) is 0 Å². The molecule has 0 aliphatic heterocycles. The third-order valence-corrected chi connectivity index (χ3v) is 8.06. The zero-order chi connectivity index (χ0) is 34.4. The van der Waals surface area contributed by atoms with Gasteiger partial charge in [0, 0.05) is 25.7 Å². The SMILES string of the molecule is CCCCCCCCCCCCCOC(=O)CCCCC(=O)O.CCCCCCCCCCCCCOC(=O)CCCCC(=O)O. The molecular weight excluding hydrogens is 584 g/mol. The Morgan fingerprint density at radius 1 is 0.348 bits per heavy atom. The first-order valence-corrected chi connectivity index (χ1v) is 19.1. The molecule has 0 unspecified atom stereocenters. The maximum absolute atomic E-state index is 11.4. The Kier molecular flexibility index (Phi) is 39.1. The second kappa shape index (κ2) is 39.1. The van der Waals surface area contributed by atoms with Crippen LogP contribution in [0.15, 0.2) is 0 Å². The zero-order valence-electron chi connectivity index (χ0n) is 30.0. The van der Waals surface area contributed by atoms with Crippen molar-refractivity contribution in [3.05, 3.63) is 0 Å². The lowest BCUT2D eigenvalue weighted by Gasteiger charge is -2.05. The molecule has 0 saturated carbocycles. The third-order valence-electron chi connectivity index (χ3n) is 8.06. The summed E-state index contributed by atoms with van der Waals surface area (Å²) in [6, 6.07) is 0. The van der Waals surface area contributed by atoms with Gasteiger partial charge in [0.1, 0.15) is 0 Å². The van der Waals surface area contributed by atoms with E-state index >= 15 is 0 Å². The van der Waals surface area contributed by atoms with Crippen molar-refractivity contribution in [3.8, 4) is 0 Å². The highest BCUT2D eigenvalue weighted by atomic mass is 16.5. The van der Waals surface area contributed by atoms with Gasteiger partial charge >= 0.3 is 23.9 Å². The molecule has 0 saturated heterocycles. The predicted octanol–water partition coefficient (Wildman–Crippen LogP) is 11.0. The standard InChI is InChI=1S/2C19H36O4/c2*1-2-3-4-5-6-7-8-9-10-11-14-17-23-19(22)16-13-12-15-18(20)21/h2*2-17H2,1H3,(H,20,21). The van der Waals surface area contributed by atoms with E-state index in [0.717, 1.165) is 25.7 Å². The topological polar surface area (TPSA) is 127 Å². The van der Waals surface area contributed by atoms with Crippen molar-refractivity contribution in [1.82, 2.24) is 0 Å². The third kappa shape index (κ3) is 44.0. The van der Waals surface area contributed by atoms with E-state index in [1.165, 1.54) is 116 Å². The minimum atomic E-state index is -0.806. The number of esters is 2. The smallest absolute Gasteiger partial charge is 0.305 e. The molecule has 0 atom stereocenters. The molecule has 0 fully saturated rings. The first kappa shape index (κ1) is 46.0. The van der Waals surface area contributed by atoms with E-state index in [2.05, 4.69) is 13.8 Å². The van der Waals surface area contributed by atoms with Crippen LogP contribution in [0, 0.1) is 0 Å². The maximum Gasteiger partial charge on any atom is 0.305 e. The molecule has 0 spiro atoms. The molecule has 0 bridgehead atoms. The number of carbonyl (C=O) groups is 4. The summed E-state index contributed by atoms with van der Waals surface area (Å²) in [5, 5.41) is 17.0. The molecule has 0 aromatic heterocycles. The van der Waals surface area contributed by atoms with E-state index < -0.39 is 11.9 Å². The van der Waals surface area contributed by atoms with Gasteiger partial charge in [0.25, 0.3) is 0 Å². The Hall–Kier alpha value is -2.12. The number of unbranched alkanes of at least 4 members (excludes halogenated alkanes) is 22. The van der Waals surface area contributed by atoms with Crippen molar-refractivity contribution in [2.75, 3.05) is 13.2 Å². The fourth-order valence-electron chi connectivity index (χ4n) is 5.14. The Labute approximate surface area is 282 Å². The largest absolute Gasteiger partial charge is 0.481 e. The molecule has 0 amide bonds. The van der Waals surface area contributed by atoms with Gasteiger partial charge in [0.05, 0.1) is 13.2 Å². The predicted molar refractivity (Wildman–Crippen MR) is 187 cm³/mol. The van der Waals surface area contributed by atoms with Crippen LogP contribution in [-0.2, 0) is 28.7 Å². The fourth-order valence-corrected chi connectivity index (χ4v) is 5.14. The minimum absolute atomic E-state index is 0.131. The molecule has 46 heavy (non-hydrogen) atoms. The number of carbonyl (C=O) groups excluding carboxylic acids is 2. The second-order valence-corrected chi connectivity index (χ2v) is 12.7. The minimum Gasteiger partial charge on any atom is -0.481 e. The first-order chi connectivity index (χ1) is 22.3. The number of carboxylic acids is 2. The highest BCUT2D eigenvalue weighted by Gasteiger charge is 2.05. The lowest BCUT2D eigenvalue weighted by atomic mass is 10.1. The molecule has 2 N–H and O–H groups in total. The van der Waals surface area contributed by atoms with Crippen LogP contribution in [0.3, 0.4) is 0 Å². The van der Waals surface area contributed by atoms with Crippen molar-refractivity contribution in [2.24, 2.45) is 0 Å². The highest BCUT2D eigenvalue weighted by molar-refractivity contribution is 5.70. The summed E-state index contributed by atoms with van der Waals surface area (Å²) in [6.45, 7) is 5.51. The zero-order valence-corrected chi connectivity index (χ0v) is 30.0. The lowest BCUT2D eigenvalue weighted by molar-refractivity contribution is -0.145. The molecule has 0 aromatic carbocycles. The Balaban J connectivity index is 0. The summed E-state index contributed by atoms with van der Waals surface area (Å²) in [5.41, 5.74) is 0. The van der Waals surface area contributed by atoms with Gasteiger partial charge < -0.3 is 19.7 Å². The second-order valence-electron chi connectivity index (χ2n) is 12.7. The lowest BCUT2D eigenvalue weighted by Crippen LogP contribution is -2.06. The highest BCUT2D eigenvalue weighted by Crippen LogP contribution is 2.13. The molecule has 0 aliphatic carbocycles. The van der Waals surface area contributed by atoms with E-state index in [1.54, 1.807) is 0 Å². The van der Waals surface area contributed by atoms with E-state index in [1.807, 2.05) is 0 Å². The van der Waals surface area contributed by atoms with Crippen LogP contribution in [0.2, 0.25) is 0 Å². The normalized spacial score (nSPS) is 10.7. The fraction of sp³-hybridized carbons (Fsp3) is 0.895. The van der Waals surface area contributed by atoms with E-state index in [9.17, 15) is 19.2 Å². The van der Waals surface area contributed by atoms with Gasteiger partial charge in [-0.2, -0.15) is 0 Å². The molecule has 8 nitrogen and oxygen atoms in total. The van der Waals surface area contributed by atoms with Crippen molar-refractivity contribution < 1.29 is 38.9 Å². The monoisotopic (exact) mass is 657 g/mol. The molecule has 0 radical (unpaired) electrons. The summed E-state index contributed by atoms with van der Waals surface area (Å²) in [7, 11) is 0. The summed E-state index contributed by atoms with van der Waals surface area (Å²) < 4.78 is 10.3. The van der Waals surface area contributed by atoms with Crippen LogP contribution in [0.1, 0.15) is 206 Å². The van der Waals surface area contributed by atoms with Crippen molar-refractivity contribution in [1.29, 1.82) is 0 Å². The van der Waals surface area contributed by atoms with Gasteiger partial charge in [0.15, 0.2) is 0 Å². The van der Waals surface area contributed by atoms with Gasteiger partial charge in [0.2, 0.25) is 0 Å². The summed E-state index contributed by atoms with van der Waals surface area (Å²) in [4.78, 5) is 43.5. The van der Waals surface area contributed by atoms with Crippen LogP contribution in [0.5, 0.6) is 0 Å². The average molecular weight is 657 g/mol. The molecule has 0 rings (SSSR count). The van der Waals surface area contributed by atoms with Crippen molar-refractivity contribution in [3.63, 3.8) is 0 Å². The van der Waals surface area contributed by atoms with Crippen LogP contribution in [-0.4, -0.2) is 47.3 Å².